The fourth-order valence-corrected chi connectivity index (χ4v) is 1.25. The van der Waals surface area contributed by atoms with Gasteiger partial charge in [0.15, 0.2) is 0 Å². The first-order valence-corrected chi connectivity index (χ1v) is 4.02. The summed E-state index contributed by atoms with van der Waals surface area (Å²) in [6.07, 6.45) is -0.653. The first kappa shape index (κ1) is 10.1. The van der Waals surface area contributed by atoms with E-state index in [4.69, 9.17) is 11.6 Å². The molecule has 1 aromatic rings. The van der Waals surface area contributed by atoms with Gasteiger partial charge in [-0.15, -0.1) is 0 Å². The zero-order chi connectivity index (χ0) is 9.90. The van der Waals surface area contributed by atoms with Gasteiger partial charge in [-0.3, -0.25) is 0 Å². The Hall–Kier alpha value is -0.960. The molecule has 4 heteroatoms. The molecule has 0 atom stereocenters. The lowest BCUT2D eigenvalue weighted by Gasteiger charge is -2.14. The normalized spacial score (nSPS) is 11.3. The predicted molar refractivity (Wildman–Crippen MR) is 46.0 cm³/mol. The van der Waals surface area contributed by atoms with Crippen LogP contribution in [0.15, 0.2) is 24.3 Å². The molecular weight excluding hydrogens is 198 g/mol. The summed E-state index contributed by atoms with van der Waals surface area (Å²) in [5.41, 5.74) is -0.302. The third kappa shape index (κ3) is 2.25. The van der Waals surface area contributed by atoms with E-state index in [1.54, 1.807) is 6.07 Å². The fourth-order valence-electron chi connectivity index (χ4n) is 0.972. The van der Waals surface area contributed by atoms with Crippen LogP contribution >= 0.6 is 11.6 Å². The van der Waals surface area contributed by atoms with Crippen molar-refractivity contribution in [1.29, 1.82) is 0 Å². The minimum atomic E-state index is -3.17. The number of rotatable bonds is 3. The minimum Gasteiger partial charge on any atom is -0.303 e. The number of benzene rings is 1. The Morgan fingerprint density at radius 3 is 2.54 bits per heavy atom. The molecule has 0 radical (unpaired) electrons. The highest BCUT2D eigenvalue weighted by Crippen LogP contribution is 2.35. The van der Waals surface area contributed by atoms with Crippen LogP contribution in [0.1, 0.15) is 12.0 Å². The van der Waals surface area contributed by atoms with E-state index in [2.05, 4.69) is 0 Å². The average Bonchev–Trinajstić information content (AvgIpc) is 2.04. The molecule has 0 saturated heterocycles. The molecule has 0 heterocycles. The number of hydrogen-bond donors (Lipinski definition) is 0. The largest absolute Gasteiger partial charge is 0.303 e. The maximum Gasteiger partial charge on any atom is 0.281 e. The summed E-state index contributed by atoms with van der Waals surface area (Å²) in [7, 11) is 0. The number of alkyl halides is 2. The summed E-state index contributed by atoms with van der Waals surface area (Å²) >= 11 is 5.55. The molecule has 0 fully saturated rings. The molecule has 1 aromatic carbocycles. The molecular formula is C9H7ClF2O. The molecule has 0 N–H and O–H groups in total. The second-order valence-electron chi connectivity index (χ2n) is 2.56. The Morgan fingerprint density at radius 1 is 1.38 bits per heavy atom. The van der Waals surface area contributed by atoms with Crippen LogP contribution in [0.5, 0.6) is 0 Å². The highest BCUT2D eigenvalue weighted by atomic mass is 35.5. The highest BCUT2D eigenvalue weighted by Gasteiger charge is 2.32. The first-order valence-electron chi connectivity index (χ1n) is 3.64. The van der Waals surface area contributed by atoms with E-state index in [1.807, 2.05) is 0 Å². The van der Waals surface area contributed by atoms with Crippen LogP contribution in [0.4, 0.5) is 8.78 Å². The smallest absolute Gasteiger partial charge is 0.281 e. The topological polar surface area (TPSA) is 17.1 Å². The van der Waals surface area contributed by atoms with Gasteiger partial charge < -0.3 is 4.79 Å². The van der Waals surface area contributed by atoms with E-state index in [-0.39, 0.29) is 16.9 Å². The Morgan fingerprint density at radius 2 is 2.00 bits per heavy atom. The van der Waals surface area contributed by atoms with Crippen LogP contribution in [0.3, 0.4) is 0 Å². The number of halogens is 3. The zero-order valence-corrected chi connectivity index (χ0v) is 7.39. The molecule has 0 amide bonds. The lowest BCUT2D eigenvalue weighted by atomic mass is 10.1. The van der Waals surface area contributed by atoms with E-state index in [0.29, 0.717) is 0 Å². The summed E-state index contributed by atoms with van der Waals surface area (Å²) in [5.74, 6) is -3.17. The van der Waals surface area contributed by atoms with E-state index in [1.165, 1.54) is 18.2 Å². The Bertz CT molecular complexity index is 312. The van der Waals surface area contributed by atoms with Gasteiger partial charge in [0.05, 0.1) is 6.42 Å². The van der Waals surface area contributed by atoms with Gasteiger partial charge in [-0.25, -0.2) is 8.78 Å². The molecule has 0 aliphatic rings. The van der Waals surface area contributed by atoms with E-state index in [9.17, 15) is 13.6 Å². The molecule has 13 heavy (non-hydrogen) atoms. The van der Waals surface area contributed by atoms with Crippen molar-refractivity contribution in [3.8, 4) is 0 Å². The Balaban J connectivity index is 3.06. The summed E-state index contributed by atoms with van der Waals surface area (Å²) in [4.78, 5) is 9.98. The van der Waals surface area contributed by atoms with Gasteiger partial charge in [-0.2, -0.15) is 0 Å². The maximum absolute atomic E-state index is 13.1. The molecule has 70 valence electrons. The first-order chi connectivity index (χ1) is 6.08. The van der Waals surface area contributed by atoms with E-state index >= 15 is 0 Å². The van der Waals surface area contributed by atoms with Gasteiger partial charge in [0.2, 0.25) is 0 Å². The van der Waals surface area contributed by atoms with Crippen molar-refractivity contribution in [1.82, 2.24) is 0 Å². The van der Waals surface area contributed by atoms with Gasteiger partial charge in [0.25, 0.3) is 5.92 Å². The zero-order valence-electron chi connectivity index (χ0n) is 6.64. The van der Waals surface area contributed by atoms with Crippen molar-refractivity contribution in [2.45, 2.75) is 12.3 Å². The summed E-state index contributed by atoms with van der Waals surface area (Å²) in [6, 6.07) is 5.60. The number of aldehydes is 1. The van der Waals surface area contributed by atoms with Gasteiger partial charge in [0, 0.05) is 10.6 Å². The lowest BCUT2D eigenvalue weighted by Crippen LogP contribution is -2.14. The Labute approximate surface area is 79.3 Å². The van der Waals surface area contributed by atoms with E-state index < -0.39 is 12.3 Å². The lowest BCUT2D eigenvalue weighted by molar-refractivity contribution is -0.115. The molecule has 0 spiro atoms. The van der Waals surface area contributed by atoms with E-state index in [0.717, 1.165) is 0 Å². The van der Waals surface area contributed by atoms with Crippen molar-refractivity contribution in [2.24, 2.45) is 0 Å². The van der Waals surface area contributed by atoms with Crippen molar-refractivity contribution < 1.29 is 13.6 Å². The predicted octanol–water partition coefficient (Wildman–Crippen LogP) is 3.02. The fraction of sp³-hybridized carbons (Fsp3) is 0.222. The summed E-state index contributed by atoms with van der Waals surface area (Å²) in [5, 5.41) is -0.0191. The van der Waals surface area contributed by atoms with Crippen LogP contribution in [0.2, 0.25) is 5.02 Å². The minimum absolute atomic E-state index is 0.0191. The number of carbonyl (C=O) groups excluding carboxylic acids is 1. The molecule has 0 aliphatic carbocycles. The summed E-state index contributed by atoms with van der Waals surface area (Å²) in [6.45, 7) is 0. The second kappa shape index (κ2) is 3.83. The van der Waals surface area contributed by atoms with Crippen molar-refractivity contribution >= 4 is 17.9 Å². The molecule has 0 aromatic heterocycles. The third-order valence-corrected chi connectivity index (χ3v) is 1.94. The molecule has 0 unspecified atom stereocenters. The van der Waals surface area contributed by atoms with Crippen LogP contribution in [-0.2, 0) is 10.7 Å². The Kier molecular flexibility index (Phi) is 2.98. The van der Waals surface area contributed by atoms with Crippen LogP contribution < -0.4 is 0 Å². The molecule has 1 nitrogen and oxygen atoms in total. The van der Waals surface area contributed by atoms with Crippen LogP contribution in [0.25, 0.3) is 0 Å². The number of carbonyl (C=O) groups is 1. The summed E-state index contributed by atoms with van der Waals surface area (Å²) < 4.78 is 26.2. The van der Waals surface area contributed by atoms with Crippen molar-refractivity contribution in [3.05, 3.63) is 34.9 Å². The van der Waals surface area contributed by atoms with Gasteiger partial charge in [-0.05, 0) is 6.07 Å². The molecule has 0 saturated carbocycles. The average molecular weight is 205 g/mol. The van der Waals surface area contributed by atoms with Gasteiger partial charge >= 0.3 is 0 Å². The monoisotopic (exact) mass is 204 g/mol. The standard InChI is InChI=1S/C9H7ClF2O/c10-8-4-2-1-3-7(8)9(11,12)5-6-13/h1-4,6H,5H2. The SMILES string of the molecule is O=CCC(F)(F)c1ccccc1Cl. The quantitative estimate of drug-likeness (QED) is 0.692. The maximum atomic E-state index is 13.1. The van der Waals surface area contributed by atoms with Crippen molar-refractivity contribution in [2.75, 3.05) is 0 Å². The van der Waals surface area contributed by atoms with Crippen LogP contribution in [-0.4, -0.2) is 6.29 Å². The van der Waals surface area contributed by atoms with Crippen molar-refractivity contribution in [3.63, 3.8) is 0 Å². The van der Waals surface area contributed by atoms with Gasteiger partial charge in [-0.1, -0.05) is 29.8 Å². The number of hydrogen-bond acceptors (Lipinski definition) is 1. The second-order valence-corrected chi connectivity index (χ2v) is 2.96. The molecule has 1 rings (SSSR count). The third-order valence-electron chi connectivity index (χ3n) is 1.61. The van der Waals surface area contributed by atoms with Crippen LogP contribution in [0, 0.1) is 0 Å². The molecule has 0 aliphatic heterocycles. The highest BCUT2D eigenvalue weighted by molar-refractivity contribution is 6.31. The molecule has 0 bridgehead atoms. The van der Waals surface area contributed by atoms with Gasteiger partial charge in [0.1, 0.15) is 6.29 Å².